The first-order valence-corrected chi connectivity index (χ1v) is 8.09. The van der Waals surface area contributed by atoms with Crippen LogP contribution in [0.25, 0.3) is 0 Å². The number of carbonyl (C=O) groups excluding carboxylic acids is 2. The van der Waals surface area contributed by atoms with E-state index in [1.807, 2.05) is 26.0 Å². The van der Waals surface area contributed by atoms with Crippen molar-refractivity contribution in [2.24, 2.45) is 5.92 Å². The predicted octanol–water partition coefficient (Wildman–Crippen LogP) is 3.14. The van der Waals surface area contributed by atoms with Gasteiger partial charge in [-0.1, -0.05) is 31.9 Å². The summed E-state index contributed by atoms with van der Waals surface area (Å²) in [7, 11) is 1.33. The van der Waals surface area contributed by atoms with E-state index in [1.165, 1.54) is 18.9 Å². The molecule has 6 heteroatoms. The molecule has 0 saturated heterocycles. The molecular weight excluding hydrogens is 310 g/mol. The molecule has 1 rings (SSSR count). The van der Waals surface area contributed by atoms with Gasteiger partial charge in [0.25, 0.3) is 0 Å². The molecule has 0 spiro atoms. The van der Waals surface area contributed by atoms with Crippen LogP contribution in [0.5, 0.6) is 0 Å². The first-order valence-electron chi connectivity index (χ1n) is 6.73. The Morgan fingerprint density at radius 3 is 2.48 bits per heavy atom. The molecule has 1 N–H and O–H groups in total. The van der Waals surface area contributed by atoms with Gasteiger partial charge in [-0.15, -0.1) is 11.8 Å². The maximum Gasteiger partial charge on any atom is 0.328 e. The fourth-order valence-electron chi connectivity index (χ4n) is 1.69. The lowest BCUT2D eigenvalue weighted by atomic mass is 9.99. The molecular formula is C15H20ClNO3S. The molecule has 0 fully saturated rings. The minimum absolute atomic E-state index is 0.0296. The molecule has 4 nitrogen and oxygen atoms in total. The average molecular weight is 330 g/mol. The third-order valence-corrected chi connectivity index (χ3v) is 4.43. The second-order valence-corrected chi connectivity index (χ2v) is 6.18. The highest BCUT2D eigenvalue weighted by Crippen LogP contribution is 2.20. The first kappa shape index (κ1) is 17.9. The number of esters is 1. The Balaban J connectivity index is 2.53. The van der Waals surface area contributed by atoms with Crippen molar-refractivity contribution < 1.29 is 14.3 Å². The Labute approximate surface area is 134 Å². The Kier molecular flexibility index (Phi) is 7.61. The number of halogens is 1. The second kappa shape index (κ2) is 8.95. The highest BCUT2D eigenvalue weighted by Gasteiger charge is 2.26. The summed E-state index contributed by atoms with van der Waals surface area (Å²) in [6, 6.07) is 6.66. The van der Waals surface area contributed by atoms with E-state index in [2.05, 4.69) is 5.32 Å². The third kappa shape index (κ3) is 5.98. The van der Waals surface area contributed by atoms with E-state index in [0.29, 0.717) is 5.02 Å². The summed E-state index contributed by atoms with van der Waals surface area (Å²) in [5.74, 6) is -0.326. The van der Waals surface area contributed by atoms with E-state index in [-0.39, 0.29) is 17.6 Å². The van der Waals surface area contributed by atoms with Crippen LogP contribution >= 0.6 is 23.4 Å². The quantitative estimate of drug-likeness (QED) is 0.617. The van der Waals surface area contributed by atoms with Crippen molar-refractivity contribution in [1.29, 1.82) is 0 Å². The molecule has 2 atom stereocenters. The smallest absolute Gasteiger partial charge is 0.328 e. The number of rotatable bonds is 7. The van der Waals surface area contributed by atoms with Gasteiger partial charge in [0.2, 0.25) is 5.91 Å². The van der Waals surface area contributed by atoms with Gasteiger partial charge in [-0.3, -0.25) is 4.79 Å². The van der Waals surface area contributed by atoms with Crippen molar-refractivity contribution in [3.8, 4) is 0 Å². The fourth-order valence-corrected chi connectivity index (χ4v) is 2.53. The van der Waals surface area contributed by atoms with Crippen molar-refractivity contribution in [3.05, 3.63) is 29.3 Å². The van der Waals surface area contributed by atoms with Gasteiger partial charge < -0.3 is 10.1 Å². The minimum Gasteiger partial charge on any atom is -0.467 e. The first-order chi connectivity index (χ1) is 9.97. The van der Waals surface area contributed by atoms with Gasteiger partial charge in [-0.25, -0.2) is 4.79 Å². The average Bonchev–Trinajstić information content (AvgIpc) is 2.50. The lowest BCUT2D eigenvalue weighted by Gasteiger charge is -2.21. The normalized spacial score (nSPS) is 13.3. The molecule has 0 saturated carbocycles. The summed E-state index contributed by atoms with van der Waals surface area (Å²) in [6.45, 7) is 3.88. The molecule has 0 radical (unpaired) electrons. The monoisotopic (exact) mass is 329 g/mol. The number of nitrogens with one attached hydrogen (secondary N) is 1. The van der Waals surface area contributed by atoms with Crippen LogP contribution < -0.4 is 5.32 Å². The van der Waals surface area contributed by atoms with Crippen LogP contribution in [-0.4, -0.2) is 30.8 Å². The van der Waals surface area contributed by atoms with E-state index in [9.17, 15) is 9.59 Å². The number of methoxy groups -OCH3 is 1. The molecule has 0 aliphatic heterocycles. The molecule has 21 heavy (non-hydrogen) atoms. The Morgan fingerprint density at radius 1 is 1.33 bits per heavy atom. The molecule has 116 valence electrons. The summed E-state index contributed by atoms with van der Waals surface area (Å²) in [6.07, 6.45) is 0.782. The zero-order chi connectivity index (χ0) is 15.8. The van der Waals surface area contributed by atoms with E-state index < -0.39 is 12.0 Å². The molecule has 0 aromatic heterocycles. The maximum atomic E-state index is 12.0. The molecule has 0 aliphatic carbocycles. The van der Waals surface area contributed by atoms with Gasteiger partial charge in [-0.05, 0) is 30.2 Å². The van der Waals surface area contributed by atoms with Gasteiger partial charge in [-0.2, -0.15) is 0 Å². The highest BCUT2D eigenvalue weighted by molar-refractivity contribution is 8.00. The van der Waals surface area contributed by atoms with Crippen LogP contribution in [0.3, 0.4) is 0 Å². The number of thioether (sulfide) groups is 1. The van der Waals surface area contributed by atoms with Crippen molar-refractivity contribution in [3.63, 3.8) is 0 Å². The van der Waals surface area contributed by atoms with Crippen LogP contribution in [0, 0.1) is 5.92 Å². The van der Waals surface area contributed by atoms with E-state index in [4.69, 9.17) is 16.3 Å². The standard InChI is InChI=1S/C15H20ClNO3S/c1-4-10(2)14(15(19)20-3)17-13(18)9-21-12-7-5-11(16)6-8-12/h5-8,10,14H,4,9H2,1-3H3,(H,17,18). The molecule has 0 aliphatic rings. The fraction of sp³-hybridized carbons (Fsp3) is 0.467. The van der Waals surface area contributed by atoms with E-state index >= 15 is 0 Å². The van der Waals surface area contributed by atoms with Crippen LogP contribution in [0.2, 0.25) is 5.02 Å². The Morgan fingerprint density at radius 2 is 1.95 bits per heavy atom. The largest absolute Gasteiger partial charge is 0.467 e. The molecule has 0 heterocycles. The van der Waals surface area contributed by atoms with Gasteiger partial charge in [0, 0.05) is 9.92 Å². The van der Waals surface area contributed by atoms with Crippen LogP contribution in [-0.2, 0) is 14.3 Å². The summed E-state index contributed by atoms with van der Waals surface area (Å²) in [5.41, 5.74) is 0. The van der Waals surface area contributed by atoms with E-state index in [1.54, 1.807) is 12.1 Å². The Hall–Kier alpha value is -1.20. The topological polar surface area (TPSA) is 55.4 Å². The van der Waals surface area contributed by atoms with Crippen molar-refractivity contribution in [1.82, 2.24) is 5.32 Å². The maximum absolute atomic E-state index is 12.0. The highest BCUT2D eigenvalue weighted by atomic mass is 35.5. The number of ether oxygens (including phenoxy) is 1. The molecule has 1 aromatic carbocycles. The SMILES string of the molecule is CCC(C)C(NC(=O)CSc1ccc(Cl)cc1)C(=O)OC. The van der Waals surface area contributed by atoms with Gasteiger partial charge in [0.05, 0.1) is 12.9 Å². The lowest BCUT2D eigenvalue weighted by molar-refractivity contribution is -0.146. The van der Waals surface area contributed by atoms with Gasteiger partial charge >= 0.3 is 5.97 Å². The van der Waals surface area contributed by atoms with Gasteiger partial charge in [0.15, 0.2) is 0 Å². The zero-order valence-corrected chi connectivity index (χ0v) is 14.0. The number of amides is 1. The van der Waals surface area contributed by atoms with Crippen LogP contribution in [0.15, 0.2) is 29.2 Å². The molecule has 0 bridgehead atoms. The second-order valence-electron chi connectivity index (χ2n) is 4.70. The van der Waals surface area contributed by atoms with Crippen LogP contribution in [0.4, 0.5) is 0 Å². The van der Waals surface area contributed by atoms with Crippen LogP contribution in [0.1, 0.15) is 20.3 Å². The summed E-state index contributed by atoms with van der Waals surface area (Å²) in [4.78, 5) is 24.6. The zero-order valence-electron chi connectivity index (χ0n) is 12.4. The molecule has 1 aromatic rings. The summed E-state index contributed by atoms with van der Waals surface area (Å²) >= 11 is 7.20. The minimum atomic E-state index is -0.599. The number of hydrogen-bond donors (Lipinski definition) is 1. The third-order valence-electron chi connectivity index (χ3n) is 3.17. The molecule has 1 amide bonds. The Bertz CT molecular complexity index is 478. The number of hydrogen-bond acceptors (Lipinski definition) is 4. The number of benzene rings is 1. The summed E-state index contributed by atoms with van der Waals surface area (Å²) in [5, 5.41) is 3.40. The summed E-state index contributed by atoms with van der Waals surface area (Å²) < 4.78 is 4.74. The van der Waals surface area contributed by atoms with Crippen molar-refractivity contribution in [2.75, 3.05) is 12.9 Å². The predicted molar refractivity (Wildman–Crippen MR) is 85.6 cm³/mol. The van der Waals surface area contributed by atoms with Crippen molar-refractivity contribution in [2.45, 2.75) is 31.2 Å². The van der Waals surface area contributed by atoms with E-state index in [0.717, 1.165) is 11.3 Å². The molecule has 2 unspecified atom stereocenters. The van der Waals surface area contributed by atoms with Gasteiger partial charge in [0.1, 0.15) is 6.04 Å². The van der Waals surface area contributed by atoms with Crippen molar-refractivity contribution >= 4 is 35.2 Å². The lowest BCUT2D eigenvalue weighted by Crippen LogP contribution is -2.46. The number of carbonyl (C=O) groups is 2.